The number of thioether (sulfide) groups is 1. The number of nitrogens with zero attached hydrogens (tertiary/aromatic N) is 3. The number of methoxy groups -OCH3 is 1. The van der Waals surface area contributed by atoms with Crippen LogP contribution in [0.15, 0.2) is 84.0 Å². The van der Waals surface area contributed by atoms with E-state index < -0.39 is 0 Å². The first-order valence-electron chi connectivity index (χ1n) is 11.9. The number of aromatic nitrogens is 3. The summed E-state index contributed by atoms with van der Waals surface area (Å²) in [7, 11) is 1.68. The SMILES string of the molecule is CCCOc1ccc(OCCSc2nnc(-c3ccccc3OC)n2CCc2ccccc2)cc1. The molecule has 0 spiro atoms. The van der Waals surface area contributed by atoms with Gasteiger partial charge in [-0.1, -0.05) is 61.2 Å². The summed E-state index contributed by atoms with van der Waals surface area (Å²) in [6.07, 6.45) is 1.88. The zero-order valence-corrected chi connectivity index (χ0v) is 21.0. The van der Waals surface area contributed by atoms with Gasteiger partial charge in [0.1, 0.15) is 17.2 Å². The number of aryl methyl sites for hydroxylation is 1. The summed E-state index contributed by atoms with van der Waals surface area (Å²) in [5.41, 5.74) is 2.21. The molecule has 0 aliphatic rings. The lowest BCUT2D eigenvalue weighted by Gasteiger charge is -2.13. The van der Waals surface area contributed by atoms with Gasteiger partial charge in [-0.3, -0.25) is 0 Å². The van der Waals surface area contributed by atoms with E-state index in [0.717, 1.165) is 65.5 Å². The fourth-order valence-corrected chi connectivity index (χ4v) is 4.44. The Morgan fingerprint density at radius 1 is 0.800 bits per heavy atom. The van der Waals surface area contributed by atoms with E-state index in [1.165, 1.54) is 5.56 Å². The van der Waals surface area contributed by atoms with Crippen molar-refractivity contribution in [3.8, 4) is 28.6 Å². The Morgan fingerprint density at radius 3 is 2.20 bits per heavy atom. The number of rotatable bonds is 13. The first-order chi connectivity index (χ1) is 17.3. The van der Waals surface area contributed by atoms with E-state index in [-0.39, 0.29) is 0 Å². The summed E-state index contributed by atoms with van der Waals surface area (Å²) in [5.74, 6) is 4.04. The van der Waals surface area contributed by atoms with Crippen molar-refractivity contribution in [1.29, 1.82) is 0 Å². The van der Waals surface area contributed by atoms with E-state index >= 15 is 0 Å². The average Bonchev–Trinajstić information content (AvgIpc) is 3.32. The molecule has 0 saturated heterocycles. The molecule has 6 nitrogen and oxygen atoms in total. The maximum absolute atomic E-state index is 5.93. The fraction of sp³-hybridized carbons (Fsp3) is 0.286. The van der Waals surface area contributed by atoms with Crippen LogP contribution in [0.25, 0.3) is 11.4 Å². The molecule has 35 heavy (non-hydrogen) atoms. The highest BCUT2D eigenvalue weighted by Gasteiger charge is 2.17. The van der Waals surface area contributed by atoms with Gasteiger partial charge in [-0.15, -0.1) is 10.2 Å². The molecular weight excluding hydrogens is 458 g/mol. The zero-order chi connectivity index (χ0) is 24.3. The van der Waals surface area contributed by atoms with Gasteiger partial charge in [0.2, 0.25) is 0 Å². The van der Waals surface area contributed by atoms with Crippen LogP contribution in [0.3, 0.4) is 0 Å². The van der Waals surface area contributed by atoms with E-state index in [4.69, 9.17) is 14.2 Å². The third-order valence-corrected chi connectivity index (χ3v) is 6.34. The molecule has 0 aliphatic carbocycles. The average molecular weight is 490 g/mol. The van der Waals surface area contributed by atoms with Crippen molar-refractivity contribution >= 4 is 11.8 Å². The molecule has 0 bridgehead atoms. The second-order valence-corrected chi connectivity index (χ2v) is 8.97. The van der Waals surface area contributed by atoms with E-state index in [1.54, 1.807) is 18.9 Å². The normalized spacial score (nSPS) is 10.8. The van der Waals surface area contributed by atoms with Crippen LogP contribution < -0.4 is 14.2 Å². The Morgan fingerprint density at radius 2 is 1.49 bits per heavy atom. The Bertz CT molecular complexity index is 1180. The van der Waals surface area contributed by atoms with Crippen LogP contribution in [0.1, 0.15) is 18.9 Å². The quantitative estimate of drug-likeness (QED) is 0.166. The molecule has 4 rings (SSSR count). The Kier molecular flexibility index (Phi) is 9.06. The molecule has 0 saturated carbocycles. The number of hydrogen-bond donors (Lipinski definition) is 0. The first kappa shape index (κ1) is 24.7. The molecule has 0 unspecified atom stereocenters. The van der Waals surface area contributed by atoms with E-state index in [1.807, 2.05) is 54.6 Å². The van der Waals surface area contributed by atoms with Gasteiger partial charge in [-0.25, -0.2) is 0 Å². The van der Waals surface area contributed by atoms with Gasteiger partial charge >= 0.3 is 0 Å². The zero-order valence-electron chi connectivity index (χ0n) is 20.2. The van der Waals surface area contributed by atoms with E-state index in [0.29, 0.717) is 6.61 Å². The summed E-state index contributed by atoms with van der Waals surface area (Å²) < 4.78 is 19.3. The molecule has 0 radical (unpaired) electrons. The molecule has 0 atom stereocenters. The lowest BCUT2D eigenvalue weighted by molar-refractivity contribution is 0.314. The summed E-state index contributed by atoms with van der Waals surface area (Å²) in [4.78, 5) is 0. The van der Waals surface area contributed by atoms with Crippen LogP contribution in [0.2, 0.25) is 0 Å². The topological polar surface area (TPSA) is 58.4 Å². The highest BCUT2D eigenvalue weighted by atomic mass is 32.2. The van der Waals surface area contributed by atoms with Gasteiger partial charge in [0.25, 0.3) is 0 Å². The Hall–Kier alpha value is -3.45. The number of hydrogen-bond acceptors (Lipinski definition) is 6. The fourth-order valence-electron chi connectivity index (χ4n) is 3.66. The van der Waals surface area contributed by atoms with Crippen LogP contribution in [-0.2, 0) is 13.0 Å². The molecule has 4 aromatic rings. The van der Waals surface area contributed by atoms with Crippen LogP contribution in [0.5, 0.6) is 17.2 Å². The molecule has 1 heterocycles. The van der Waals surface area contributed by atoms with Crippen LogP contribution >= 0.6 is 11.8 Å². The maximum atomic E-state index is 5.93. The maximum Gasteiger partial charge on any atom is 0.191 e. The minimum atomic E-state index is 0.565. The van der Waals surface area contributed by atoms with Crippen molar-refractivity contribution in [3.63, 3.8) is 0 Å². The lowest BCUT2D eigenvalue weighted by Crippen LogP contribution is -2.07. The van der Waals surface area contributed by atoms with E-state index in [2.05, 4.69) is 46.0 Å². The van der Waals surface area contributed by atoms with Crippen molar-refractivity contribution in [2.45, 2.75) is 31.5 Å². The predicted octanol–water partition coefficient (Wildman–Crippen LogP) is 6.16. The number of para-hydroxylation sites is 1. The molecule has 1 aromatic heterocycles. The highest BCUT2D eigenvalue weighted by Crippen LogP contribution is 2.31. The smallest absolute Gasteiger partial charge is 0.191 e. The van der Waals surface area contributed by atoms with E-state index in [9.17, 15) is 0 Å². The summed E-state index contributed by atoms with van der Waals surface area (Å²) in [6, 6.07) is 26.2. The second-order valence-electron chi connectivity index (χ2n) is 7.91. The molecule has 0 N–H and O–H groups in total. The monoisotopic (exact) mass is 489 g/mol. The minimum Gasteiger partial charge on any atom is -0.496 e. The van der Waals surface area contributed by atoms with Gasteiger partial charge in [0.15, 0.2) is 11.0 Å². The van der Waals surface area contributed by atoms with Crippen molar-refractivity contribution < 1.29 is 14.2 Å². The van der Waals surface area contributed by atoms with Crippen molar-refractivity contribution in [3.05, 3.63) is 84.4 Å². The van der Waals surface area contributed by atoms with Gasteiger partial charge in [0.05, 0.1) is 25.9 Å². The summed E-state index contributed by atoms with van der Waals surface area (Å²) in [6.45, 7) is 4.15. The van der Waals surface area contributed by atoms with Gasteiger partial charge in [-0.2, -0.15) is 0 Å². The molecule has 182 valence electrons. The number of benzene rings is 3. The third-order valence-electron chi connectivity index (χ3n) is 5.41. The van der Waals surface area contributed by atoms with Crippen molar-refractivity contribution in [2.75, 3.05) is 26.1 Å². The van der Waals surface area contributed by atoms with Crippen LogP contribution in [-0.4, -0.2) is 40.8 Å². The third kappa shape index (κ3) is 6.79. The Balaban J connectivity index is 1.43. The summed E-state index contributed by atoms with van der Waals surface area (Å²) >= 11 is 1.64. The van der Waals surface area contributed by atoms with Crippen LogP contribution in [0, 0.1) is 0 Å². The number of ether oxygens (including phenoxy) is 3. The first-order valence-corrected chi connectivity index (χ1v) is 12.9. The van der Waals surface area contributed by atoms with Crippen molar-refractivity contribution in [1.82, 2.24) is 14.8 Å². The van der Waals surface area contributed by atoms with Gasteiger partial charge in [0, 0.05) is 12.3 Å². The molecule has 3 aromatic carbocycles. The standard InChI is InChI=1S/C28H31N3O3S/c1-3-19-33-23-13-15-24(16-14-23)34-20-21-35-28-30-29-27(25-11-7-8-12-26(25)32-2)31(28)18-17-22-9-5-4-6-10-22/h4-16H,3,17-21H2,1-2H3. The van der Waals surface area contributed by atoms with Gasteiger partial charge < -0.3 is 18.8 Å². The molecule has 0 amide bonds. The summed E-state index contributed by atoms with van der Waals surface area (Å²) in [5, 5.41) is 9.92. The largest absolute Gasteiger partial charge is 0.496 e. The molecule has 0 fully saturated rings. The van der Waals surface area contributed by atoms with Gasteiger partial charge in [-0.05, 0) is 54.8 Å². The molecular formula is C28H31N3O3S. The molecule has 7 heteroatoms. The molecule has 0 aliphatic heterocycles. The van der Waals surface area contributed by atoms with Crippen LogP contribution in [0.4, 0.5) is 0 Å². The Labute approximate surface area is 211 Å². The minimum absolute atomic E-state index is 0.565. The lowest BCUT2D eigenvalue weighted by atomic mass is 10.1. The highest BCUT2D eigenvalue weighted by molar-refractivity contribution is 7.99. The second kappa shape index (κ2) is 12.9. The van der Waals surface area contributed by atoms with Crippen molar-refractivity contribution in [2.24, 2.45) is 0 Å². The predicted molar refractivity (Wildman–Crippen MR) is 141 cm³/mol.